The minimum Gasteiger partial charge on any atom is -0.391 e. The molecule has 0 fully saturated rings. The monoisotopic (exact) mass is 247 g/mol. The van der Waals surface area contributed by atoms with Crippen molar-refractivity contribution in [2.45, 2.75) is 38.3 Å². The molecule has 5 heteroatoms. The summed E-state index contributed by atoms with van der Waals surface area (Å²) in [4.78, 5) is 0. The highest BCUT2D eigenvalue weighted by Crippen LogP contribution is 2.24. The third kappa shape index (κ3) is 3.20. The van der Waals surface area contributed by atoms with E-state index in [1.54, 1.807) is 0 Å². The van der Waals surface area contributed by atoms with Crippen LogP contribution in [-0.2, 0) is 0 Å². The van der Waals surface area contributed by atoms with Crippen molar-refractivity contribution in [2.75, 3.05) is 0 Å². The van der Waals surface area contributed by atoms with Crippen LogP contribution in [0.1, 0.15) is 37.8 Å². The minimum absolute atomic E-state index is 0.201. The molecule has 0 heterocycles. The fourth-order valence-corrected chi connectivity index (χ4v) is 1.60. The predicted molar refractivity (Wildman–Crippen MR) is 58.8 cm³/mol. The van der Waals surface area contributed by atoms with Crippen molar-refractivity contribution in [3.8, 4) is 0 Å². The Morgan fingerprint density at radius 1 is 1.24 bits per heavy atom. The molecule has 0 amide bonds. The van der Waals surface area contributed by atoms with Crippen molar-refractivity contribution in [1.29, 1.82) is 0 Å². The van der Waals surface area contributed by atoms with Gasteiger partial charge in [0.05, 0.1) is 12.1 Å². The molecule has 3 N–H and O–H groups in total. The number of rotatable bonds is 5. The van der Waals surface area contributed by atoms with Gasteiger partial charge in [0.1, 0.15) is 0 Å². The molecular weight excluding hydrogens is 231 g/mol. The maximum Gasteiger partial charge on any atom is 0.194 e. The van der Waals surface area contributed by atoms with E-state index in [4.69, 9.17) is 5.73 Å². The standard InChI is InChI=1S/C12H16F3NO/c1-2-3-4-9(17)12(16)7-5-6-8(13)11(15)10(7)14/h5-6,9,12,17H,2-4,16H2,1H3/t9-,12+/m1/s1. The van der Waals surface area contributed by atoms with E-state index in [9.17, 15) is 18.3 Å². The van der Waals surface area contributed by atoms with E-state index in [1.807, 2.05) is 6.92 Å². The van der Waals surface area contributed by atoms with Crippen LogP contribution in [0, 0.1) is 17.5 Å². The molecule has 0 saturated carbocycles. The van der Waals surface area contributed by atoms with Gasteiger partial charge in [0.2, 0.25) is 0 Å². The van der Waals surface area contributed by atoms with E-state index in [1.165, 1.54) is 0 Å². The average molecular weight is 247 g/mol. The van der Waals surface area contributed by atoms with Crippen molar-refractivity contribution in [3.05, 3.63) is 35.1 Å². The van der Waals surface area contributed by atoms with Crippen LogP contribution in [0.15, 0.2) is 12.1 Å². The van der Waals surface area contributed by atoms with Gasteiger partial charge in [-0.3, -0.25) is 0 Å². The number of benzene rings is 1. The Morgan fingerprint density at radius 2 is 1.88 bits per heavy atom. The van der Waals surface area contributed by atoms with Crippen molar-refractivity contribution in [2.24, 2.45) is 5.73 Å². The fourth-order valence-electron chi connectivity index (χ4n) is 1.60. The number of unbranched alkanes of at least 4 members (excludes halogenated alkanes) is 1. The highest BCUT2D eigenvalue weighted by Gasteiger charge is 2.23. The molecular formula is C12H16F3NO. The summed E-state index contributed by atoms with van der Waals surface area (Å²) in [5.41, 5.74) is 5.42. The van der Waals surface area contributed by atoms with Crippen LogP contribution in [-0.4, -0.2) is 11.2 Å². The Hall–Kier alpha value is -1.07. The van der Waals surface area contributed by atoms with Gasteiger partial charge in [-0.05, 0) is 12.5 Å². The van der Waals surface area contributed by atoms with Gasteiger partial charge in [0, 0.05) is 5.56 Å². The molecule has 0 saturated heterocycles. The van der Waals surface area contributed by atoms with E-state index in [-0.39, 0.29) is 5.56 Å². The van der Waals surface area contributed by atoms with E-state index >= 15 is 0 Å². The molecule has 1 aromatic carbocycles. The average Bonchev–Trinajstić information content (AvgIpc) is 2.32. The molecule has 0 aliphatic carbocycles. The third-order valence-corrected chi connectivity index (χ3v) is 2.69. The lowest BCUT2D eigenvalue weighted by Crippen LogP contribution is -2.27. The van der Waals surface area contributed by atoms with E-state index < -0.39 is 29.6 Å². The van der Waals surface area contributed by atoms with E-state index in [0.717, 1.165) is 25.0 Å². The number of aliphatic hydroxyl groups is 1. The molecule has 17 heavy (non-hydrogen) atoms. The zero-order chi connectivity index (χ0) is 13.0. The van der Waals surface area contributed by atoms with Gasteiger partial charge in [0.25, 0.3) is 0 Å². The van der Waals surface area contributed by atoms with Gasteiger partial charge in [-0.25, -0.2) is 13.2 Å². The number of hydrogen-bond acceptors (Lipinski definition) is 2. The molecule has 0 aliphatic heterocycles. The fraction of sp³-hybridized carbons (Fsp3) is 0.500. The summed E-state index contributed by atoms with van der Waals surface area (Å²) in [5.74, 6) is -4.14. The molecule has 2 atom stereocenters. The van der Waals surface area contributed by atoms with Gasteiger partial charge in [-0.15, -0.1) is 0 Å². The Bertz CT molecular complexity index is 384. The zero-order valence-corrected chi connectivity index (χ0v) is 9.59. The maximum absolute atomic E-state index is 13.4. The first-order valence-electron chi connectivity index (χ1n) is 5.56. The summed E-state index contributed by atoms with van der Waals surface area (Å²) < 4.78 is 39.1. The number of halogens is 3. The van der Waals surface area contributed by atoms with Crippen molar-refractivity contribution >= 4 is 0 Å². The lowest BCUT2D eigenvalue weighted by Gasteiger charge is -2.19. The Kier molecular flexibility index (Phi) is 4.96. The van der Waals surface area contributed by atoms with Crippen molar-refractivity contribution in [3.63, 3.8) is 0 Å². The Morgan fingerprint density at radius 3 is 2.47 bits per heavy atom. The molecule has 0 unspecified atom stereocenters. The summed E-state index contributed by atoms with van der Waals surface area (Å²) >= 11 is 0. The summed E-state index contributed by atoms with van der Waals surface area (Å²) in [6.45, 7) is 1.94. The second-order valence-electron chi connectivity index (χ2n) is 4.00. The number of aliphatic hydroxyl groups excluding tert-OH is 1. The zero-order valence-electron chi connectivity index (χ0n) is 9.59. The van der Waals surface area contributed by atoms with E-state index in [0.29, 0.717) is 6.42 Å². The van der Waals surface area contributed by atoms with Crippen LogP contribution in [0.5, 0.6) is 0 Å². The maximum atomic E-state index is 13.4. The van der Waals surface area contributed by atoms with Crippen LogP contribution in [0.3, 0.4) is 0 Å². The van der Waals surface area contributed by atoms with E-state index in [2.05, 4.69) is 0 Å². The lowest BCUT2D eigenvalue weighted by molar-refractivity contribution is 0.130. The SMILES string of the molecule is CCCC[C@@H](O)[C@@H](N)c1ccc(F)c(F)c1F. The van der Waals surface area contributed by atoms with Crippen LogP contribution in [0.2, 0.25) is 0 Å². The topological polar surface area (TPSA) is 46.2 Å². The molecule has 2 nitrogen and oxygen atoms in total. The minimum atomic E-state index is -1.55. The highest BCUT2D eigenvalue weighted by atomic mass is 19.2. The van der Waals surface area contributed by atoms with Crippen LogP contribution in [0.25, 0.3) is 0 Å². The van der Waals surface area contributed by atoms with Gasteiger partial charge < -0.3 is 10.8 Å². The largest absolute Gasteiger partial charge is 0.391 e. The molecule has 0 aliphatic rings. The second kappa shape index (κ2) is 6.02. The summed E-state index contributed by atoms with van der Waals surface area (Å²) in [6.07, 6.45) is 1.04. The van der Waals surface area contributed by atoms with Gasteiger partial charge in [-0.2, -0.15) is 0 Å². The summed E-state index contributed by atoms with van der Waals surface area (Å²) in [5, 5.41) is 9.68. The van der Waals surface area contributed by atoms with Crippen molar-refractivity contribution < 1.29 is 18.3 Å². The molecule has 96 valence electrons. The quantitative estimate of drug-likeness (QED) is 0.786. The first kappa shape index (κ1) is 14.0. The number of nitrogens with two attached hydrogens (primary N) is 1. The highest BCUT2D eigenvalue weighted by molar-refractivity contribution is 5.24. The Labute approximate surface area is 98.3 Å². The van der Waals surface area contributed by atoms with Gasteiger partial charge >= 0.3 is 0 Å². The molecule has 0 bridgehead atoms. The van der Waals surface area contributed by atoms with Crippen molar-refractivity contribution in [1.82, 2.24) is 0 Å². The molecule has 0 spiro atoms. The van der Waals surface area contributed by atoms with Gasteiger partial charge in [-0.1, -0.05) is 25.8 Å². The Balaban J connectivity index is 2.89. The predicted octanol–water partition coefficient (Wildman–Crippen LogP) is 2.65. The first-order chi connectivity index (χ1) is 7.99. The lowest BCUT2D eigenvalue weighted by atomic mass is 9.98. The van der Waals surface area contributed by atoms with Crippen LogP contribution in [0.4, 0.5) is 13.2 Å². The van der Waals surface area contributed by atoms with Gasteiger partial charge in [0.15, 0.2) is 17.5 Å². The number of hydrogen-bond donors (Lipinski definition) is 2. The molecule has 0 radical (unpaired) electrons. The molecule has 0 aromatic heterocycles. The first-order valence-corrected chi connectivity index (χ1v) is 5.56. The molecule has 1 aromatic rings. The summed E-state index contributed by atoms with van der Waals surface area (Å²) in [7, 11) is 0. The second-order valence-corrected chi connectivity index (χ2v) is 4.00. The summed E-state index contributed by atoms with van der Waals surface area (Å²) in [6, 6.07) is 0.824. The third-order valence-electron chi connectivity index (χ3n) is 2.69. The molecule has 1 rings (SSSR count). The van der Waals surface area contributed by atoms with Crippen LogP contribution >= 0.6 is 0 Å². The smallest absolute Gasteiger partial charge is 0.194 e. The normalized spacial score (nSPS) is 14.7. The van der Waals surface area contributed by atoms with Crippen LogP contribution < -0.4 is 5.73 Å².